The molecule has 0 saturated heterocycles. The fraction of sp³-hybridized carbons (Fsp3) is 0.200. The third-order valence-electron chi connectivity index (χ3n) is 2.01. The van der Waals surface area contributed by atoms with Crippen LogP contribution in [0.1, 0.15) is 5.56 Å². The summed E-state index contributed by atoms with van der Waals surface area (Å²) in [5.41, 5.74) is 3.56. The van der Waals surface area contributed by atoms with Crippen LogP contribution >= 0.6 is 0 Å². The van der Waals surface area contributed by atoms with Gasteiger partial charge in [0.1, 0.15) is 17.2 Å². The van der Waals surface area contributed by atoms with Crippen molar-refractivity contribution >= 4 is 12.2 Å². The molecule has 18 heavy (non-hydrogen) atoms. The Balaban J connectivity index is 2.97. The van der Waals surface area contributed by atoms with Crippen LogP contribution in [0.15, 0.2) is 17.2 Å². The molecule has 0 fully saturated rings. The maximum Gasteiger partial charge on any atom is 0.358 e. The van der Waals surface area contributed by atoms with E-state index in [1.165, 1.54) is 32.0 Å². The first-order chi connectivity index (χ1) is 8.62. The Morgan fingerprint density at radius 2 is 2.11 bits per heavy atom. The van der Waals surface area contributed by atoms with Gasteiger partial charge in [-0.3, -0.25) is 5.21 Å². The number of nitrogens with zero attached hydrogens (tertiary/aromatic N) is 1. The highest BCUT2D eigenvalue weighted by Crippen LogP contribution is 2.31. The number of urea groups is 1. The average Bonchev–Trinajstić information content (AvgIpc) is 2.39. The lowest BCUT2D eigenvalue weighted by Gasteiger charge is -2.09. The topological polar surface area (TPSA) is 112 Å². The minimum Gasteiger partial charge on any atom is -0.507 e. The van der Waals surface area contributed by atoms with Gasteiger partial charge in [0.05, 0.1) is 26.0 Å². The van der Waals surface area contributed by atoms with Crippen molar-refractivity contribution in [2.45, 2.75) is 0 Å². The van der Waals surface area contributed by atoms with Crippen molar-refractivity contribution in [3.63, 3.8) is 0 Å². The van der Waals surface area contributed by atoms with Gasteiger partial charge >= 0.3 is 6.03 Å². The van der Waals surface area contributed by atoms with E-state index in [1.54, 1.807) is 6.07 Å². The van der Waals surface area contributed by atoms with E-state index in [9.17, 15) is 9.90 Å². The van der Waals surface area contributed by atoms with Crippen molar-refractivity contribution < 1.29 is 24.6 Å². The number of hydrazone groups is 1. The van der Waals surface area contributed by atoms with Gasteiger partial charge in [-0.05, 0) is 0 Å². The number of carbonyl (C=O) groups is 1. The van der Waals surface area contributed by atoms with Gasteiger partial charge in [0.2, 0.25) is 0 Å². The number of benzene rings is 1. The standard InChI is InChI=1S/C10H13N3O5/c1-17-6-3-8(14)7(9(4-6)18-2)5-11-12-10(15)13-16/h3-5,14,16H,1-2H3,(H2,12,13,15)/b11-5+. The zero-order chi connectivity index (χ0) is 13.5. The van der Waals surface area contributed by atoms with Gasteiger partial charge in [0.15, 0.2) is 0 Å². The second-order valence-electron chi connectivity index (χ2n) is 3.07. The Kier molecular flexibility index (Phi) is 4.76. The summed E-state index contributed by atoms with van der Waals surface area (Å²) in [4.78, 5) is 10.6. The molecule has 0 spiro atoms. The SMILES string of the molecule is COc1cc(O)c(/C=N/NC(=O)NO)c(OC)c1. The van der Waals surface area contributed by atoms with Crippen LogP contribution in [0.25, 0.3) is 0 Å². The monoisotopic (exact) mass is 255 g/mol. The molecule has 0 unspecified atom stereocenters. The summed E-state index contributed by atoms with van der Waals surface area (Å²) in [7, 11) is 2.87. The Bertz CT molecular complexity index is 461. The van der Waals surface area contributed by atoms with E-state index in [0.717, 1.165) is 0 Å². The summed E-state index contributed by atoms with van der Waals surface area (Å²) in [6.07, 6.45) is 1.17. The van der Waals surface area contributed by atoms with Crippen molar-refractivity contribution in [2.24, 2.45) is 5.10 Å². The quantitative estimate of drug-likeness (QED) is 0.354. The summed E-state index contributed by atoms with van der Waals surface area (Å²) in [5.74, 6) is 0.616. The van der Waals surface area contributed by atoms with Crippen LogP contribution in [-0.2, 0) is 0 Å². The molecule has 0 heterocycles. The number of amides is 2. The molecule has 8 heteroatoms. The molecule has 1 aromatic carbocycles. The number of ether oxygens (including phenoxy) is 2. The average molecular weight is 255 g/mol. The molecule has 8 nitrogen and oxygen atoms in total. The zero-order valence-electron chi connectivity index (χ0n) is 9.80. The summed E-state index contributed by atoms with van der Waals surface area (Å²) >= 11 is 0. The van der Waals surface area contributed by atoms with Gasteiger partial charge < -0.3 is 14.6 Å². The van der Waals surface area contributed by atoms with Crippen LogP contribution in [0.3, 0.4) is 0 Å². The van der Waals surface area contributed by atoms with E-state index in [1.807, 2.05) is 5.43 Å². The molecule has 0 aliphatic heterocycles. The Morgan fingerprint density at radius 3 is 2.67 bits per heavy atom. The third-order valence-corrected chi connectivity index (χ3v) is 2.01. The number of aromatic hydroxyl groups is 1. The lowest BCUT2D eigenvalue weighted by atomic mass is 10.2. The van der Waals surface area contributed by atoms with Crippen molar-refractivity contribution in [2.75, 3.05) is 14.2 Å². The van der Waals surface area contributed by atoms with Gasteiger partial charge in [0, 0.05) is 12.1 Å². The number of hydrogen-bond donors (Lipinski definition) is 4. The smallest absolute Gasteiger partial charge is 0.358 e. The lowest BCUT2D eigenvalue weighted by Crippen LogP contribution is -2.29. The van der Waals surface area contributed by atoms with Crippen LogP contribution in [0.2, 0.25) is 0 Å². The van der Waals surface area contributed by atoms with Gasteiger partial charge in [-0.1, -0.05) is 0 Å². The number of phenolic OH excluding ortho intramolecular Hbond substituents is 1. The highest BCUT2D eigenvalue weighted by Gasteiger charge is 2.09. The lowest BCUT2D eigenvalue weighted by molar-refractivity contribution is 0.162. The molecule has 1 aromatic rings. The van der Waals surface area contributed by atoms with Crippen molar-refractivity contribution in [3.8, 4) is 17.2 Å². The number of methoxy groups -OCH3 is 2. The van der Waals surface area contributed by atoms with Crippen LogP contribution in [-0.4, -0.2) is 36.8 Å². The van der Waals surface area contributed by atoms with E-state index in [0.29, 0.717) is 11.5 Å². The number of hydrogen-bond acceptors (Lipinski definition) is 6. The van der Waals surface area contributed by atoms with Crippen molar-refractivity contribution in [1.82, 2.24) is 10.9 Å². The molecule has 0 saturated carbocycles. The summed E-state index contributed by atoms with van der Waals surface area (Å²) in [5, 5.41) is 21.5. The van der Waals surface area contributed by atoms with E-state index < -0.39 is 6.03 Å². The highest BCUT2D eigenvalue weighted by atomic mass is 16.5. The molecule has 4 N–H and O–H groups in total. The number of carbonyl (C=O) groups excluding carboxylic acids is 1. The molecule has 98 valence electrons. The number of nitrogens with one attached hydrogen (secondary N) is 2. The predicted molar refractivity (Wildman–Crippen MR) is 62.3 cm³/mol. The second-order valence-corrected chi connectivity index (χ2v) is 3.07. The minimum atomic E-state index is -0.904. The molecule has 2 amide bonds. The molecule has 0 aromatic heterocycles. The minimum absolute atomic E-state index is 0.124. The summed E-state index contributed by atoms with van der Waals surface area (Å²) in [6, 6.07) is 2.02. The fourth-order valence-electron chi connectivity index (χ4n) is 1.18. The molecule has 0 atom stereocenters. The highest BCUT2D eigenvalue weighted by molar-refractivity contribution is 5.88. The first-order valence-electron chi connectivity index (χ1n) is 4.80. The van der Waals surface area contributed by atoms with Crippen LogP contribution in [0.5, 0.6) is 17.2 Å². The maximum atomic E-state index is 10.6. The molecule has 1 rings (SSSR count). The zero-order valence-corrected chi connectivity index (χ0v) is 9.80. The van der Waals surface area contributed by atoms with E-state index in [2.05, 4.69) is 5.10 Å². The number of phenols is 1. The number of hydroxylamine groups is 1. The van der Waals surface area contributed by atoms with Crippen molar-refractivity contribution in [1.29, 1.82) is 0 Å². The third kappa shape index (κ3) is 3.25. The summed E-state index contributed by atoms with van der Waals surface area (Å²) < 4.78 is 10.00. The van der Waals surface area contributed by atoms with Crippen LogP contribution < -0.4 is 20.4 Å². The molecular formula is C10H13N3O5. The fourth-order valence-corrected chi connectivity index (χ4v) is 1.18. The maximum absolute atomic E-state index is 10.6. The van der Waals surface area contributed by atoms with Gasteiger partial charge in [0.25, 0.3) is 0 Å². The van der Waals surface area contributed by atoms with E-state index >= 15 is 0 Å². The Hall–Kier alpha value is -2.48. The van der Waals surface area contributed by atoms with Gasteiger partial charge in [-0.25, -0.2) is 15.7 Å². The molecular weight excluding hydrogens is 242 g/mol. The molecule has 0 radical (unpaired) electrons. The molecule has 0 aliphatic rings. The molecule has 0 bridgehead atoms. The first kappa shape index (κ1) is 13.6. The van der Waals surface area contributed by atoms with Gasteiger partial charge in [-0.2, -0.15) is 5.10 Å². The summed E-state index contributed by atoms with van der Waals surface area (Å²) in [6.45, 7) is 0. The van der Waals surface area contributed by atoms with Crippen molar-refractivity contribution in [3.05, 3.63) is 17.7 Å². The second kappa shape index (κ2) is 6.30. The van der Waals surface area contributed by atoms with E-state index in [-0.39, 0.29) is 11.3 Å². The number of rotatable bonds is 4. The molecule has 0 aliphatic carbocycles. The Morgan fingerprint density at radius 1 is 1.39 bits per heavy atom. The predicted octanol–water partition coefficient (Wildman–Crippen LogP) is 0.432. The van der Waals surface area contributed by atoms with Gasteiger partial charge in [-0.15, -0.1) is 0 Å². The van der Waals surface area contributed by atoms with E-state index in [4.69, 9.17) is 14.7 Å². The largest absolute Gasteiger partial charge is 0.507 e. The van der Waals surface area contributed by atoms with Crippen LogP contribution in [0.4, 0.5) is 4.79 Å². The first-order valence-corrected chi connectivity index (χ1v) is 4.80. The van der Waals surface area contributed by atoms with Crippen LogP contribution in [0, 0.1) is 0 Å². The normalized spacial score (nSPS) is 10.2. The Labute approximate surface area is 103 Å².